The molecule has 20 heavy (non-hydrogen) atoms. The number of rotatable bonds is 4. The summed E-state index contributed by atoms with van der Waals surface area (Å²) in [5, 5.41) is 0. The second kappa shape index (κ2) is 5.91. The third-order valence-corrected chi connectivity index (χ3v) is 3.61. The Hall–Kier alpha value is -2.09. The van der Waals surface area contributed by atoms with E-state index in [0.717, 1.165) is 29.5 Å². The average Bonchev–Trinajstić information content (AvgIpc) is 2.43. The maximum Gasteiger partial charge on any atom is 0.193 e. The lowest BCUT2D eigenvalue weighted by Crippen LogP contribution is -2.06. The molecule has 0 fully saturated rings. The number of aryl methyl sites for hydroxylation is 3. The van der Waals surface area contributed by atoms with Gasteiger partial charge in [-0.2, -0.15) is 0 Å². The second-order valence-corrected chi connectivity index (χ2v) is 5.30. The first-order valence-corrected chi connectivity index (χ1v) is 7.03. The topological polar surface area (TPSA) is 43.1 Å². The predicted octanol–water partition coefficient (Wildman–Crippen LogP) is 4.07. The Labute approximate surface area is 120 Å². The molecule has 104 valence electrons. The highest BCUT2D eigenvalue weighted by Crippen LogP contribution is 2.21. The molecular formula is C18H21NO. The van der Waals surface area contributed by atoms with Crippen LogP contribution in [0.1, 0.15) is 46.0 Å². The molecule has 0 amide bonds. The van der Waals surface area contributed by atoms with E-state index >= 15 is 0 Å². The summed E-state index contributed by atoms with van der Waals surface area (Å²) in [6.07, 6.45) is 2.16. The molecule has 0 aliphatic heterocycles. The molecular weight excluding hydrogens is 246 g/mol. The Kier molecular flexibility index (Phi) is 4.23. The average molecular weight is 267 g/mol. The van der Waals surface area contributed by atoms with Crippen molar-refractivity contribution in [1.29, 1.82) is 0 Å². The molecule has 0 unspecified atom stereocenters. The van der Waals surface area contributed by atoms with E-state index < -0.39 is 0 Å². The van der Waals surface area contributed by atoms with Crippen LogP contribution in [0.3, 0.4) is 0 Å². The molecule has 2 N–H and O–H groups in total. The second-order valence-electron chi connectivity index (χ2n) is 5.30. The van der Waals surface area contributed by atoms with Crippen molar-refractivity contribution < 1.29 is 4.79 Å². The van der Waals surface area contributed by atoms with E-state index in [2.05, 4.69) is 6.92 Å². The van der Waals surface area contributed by atoms with Crippen LogP contribution in [0.2, 0.25) is 0 Å². The standard InChI is InChI=1S/C18H21NO/c1-4-5-14-6-8-15(9-7-14)18(20)16-11-17(19)13(3)10-12(16)2/h6-11H,4-5,19H2,1-3H3. The molecule has 2 heteroatoms. The number of carbonyl (C=O) groups is 1. The van der Waals surface area contributed by atoms with Crippen molar-refractivity contribution in [2.75, 3.05) is 5.73 Å². The smallest absolute Gasteiger partial charge is 0.193 e. The summed E-state index contributed by atoms with van der Waals surface area (Å²) in [5.41, 5.74) is 11.2. The Bertz CT molecular complexity index is 627. The molecule has 0 bridgehead atoms. The molecule has 0 aliphatic carbocycles. The SMILES string of the molecule is CCCc1ccc(C(=O)c2cc(N)c(C)cc2C)cc1. The minimum atomic E-state index is 0.0391. The number of nitrogen functional groups attached to an aromatic ring is 1. The lowest BCUT2D eigenvalue weighted by atomic mass is 9.95. The summed E-state index contributed by atoms with van der Waals surface area (Å²) in [5.74, 6) is 0.0391. The van der Waals surface area contributed by atoms with Crippen LogP contribution in [0.25, 0.3) is 0 Å². The fraction of sp³-hybridized carbons (Fsp3) is 0.278. The van der Waals surface area contributed by atoms with Crippen molar-refractivity contribution in [2.45, 2.75) is 33.6 Å². The van der Waals surface area contributed by atoms with Crippen molar-refractivity contribution in [3.8, 4) is 0 Å². The van der Waals surface area contributed by atoms with Crippen molar-refractivity contribution in [3.05, 3.63) is 64.2 Å². The van der Waals surface area contributed by atoms with Gasteiger partial charge < -0.3 is 5.73 Å². The van der Waals surface area contributed by atoms with Gasteiger partial charge in [0.15, 0.2) is 5.78 Å². The Balaban J connectivity index is 2.33. The van der Waals surface area contributed by atoms with E-state index in [9.17, 15) is 4.79 Å². The minimum Gasteiger partial charge on any atom is -0.398 e. The minimum absolute atomic E-state index is 0.0391. The highest BCUT2D eigenvalue weighted by Gasteiger charge is 2.13. The summed E-state index contributed by atoms with van der Waals surface area (Å²) in [4.78, 5) is 12.5. The lowest BCUT2D eigenvalue weighted by Gasteiger charge is -2.09. The van der Waals surface area contributed by atoms with Gasteiger partial charge in [0.2, 0.25) is 0 Å². The molecule has 2 aromatic rings. The van der Waals surface area contributed by atoms with Crippen LogP contribution in [0, 0.1) is 13.8 Å². The molecule has 0 saturated carbocycles. The molecule has 2 rings (SSSR count). The van der Waals surface area contributed by atoms with Crippen LogP contribution in [-0.2, 0) is 6.42 Å². The molecule has 0 aromatic heterocycles. The number of ketones is 1. The number of hydrogen-bond acceptors (Lipinski definition) is 2. The maximum atomic E-state index is 12.5. The first-order valence-electron chi connectivity index (χ1n) is 7.03. The van der Waals surface area contributed by atoms with E-state index in [1.807, 2.05) is 44.2 Å². The van der Waals surface area contributed by atoms with Crippen LogP contribution in [0.5, 0.6) is 0 Å². The third kappa shape index (κ3) is 2.90. The molecule has 0 heterocycles. The molecule has 2 nitrogen and oxygen atoms in total. The predicted molar refractivity (Wildman–Crippen MR) is 84.2 cm³/mol. The fourth-order valence-electron chi connectivity index (χ4n) is 2.38. The summed E-state index contributed by atoms with van der Waals surface area (Å²) in [6.45, 7) is 6.05. The molecule has 0 aliphatic rings. The van der Waals surface area contributed by atoms with Gasteiger partial charge in [-0.15, -0.1) is 0 Å². The van der Waals surface area contributed by atoms with Crippen LogP contribution in [0.4, 0.5) is 5.69 Å². The van der Waals surface area contributed by atoms with E-state index in [4.69, 9.17) is 5.73 Å². The van der Waals surface area contributed by atoms with Crippen LogP contribution >= 0.6 is 0 Å². The Morgan fingerprint density at radius 3 is 2.30 bits per heavy atom. The number of nitrogens with two attached hydrogens (primary N) is 1. The normalized spacial score (nSPS) is 10.6. The summed E-state index contributed by atoms with van der Waals surface area (Å²) >= 11 is 0. The highest BCUT2D eigenvalue weighted by atomic mass is 16.1. The molecule has 0 spiro atoms. The number of hydrogen-bond donors (Lipinski definition) is 1. The third-order valence-electron chi connectivity index (χ3n) is 3.61. The molecule has 0 atom stereocenters. The zero-order valence-corrected chi connectivity index (χ0v) is 12.4. The molecule has 0 radical (unpaired) electrons. The first-order chi connectivity index (χ1) is 9.52. The van der Waals surface area contributed by atoms with Gasteiger partial charge in [0, 0.05) is 16.8 Å². The monoisotopic (exact) mass is 267 g/mol. The van der Waals surface area contributed by atoms with Crippen molar-refractivity contribution >= 4 is 11.5 Å². The van der Waals surface area contributed by atoms with Gasteiger partial charge in [-0.1, -0.05) is 43.7 Å². The zero-order chi connectivity index (χ0) is 14.7. The van der Waals surface area contributed by atoms with Gasteiger partial charge in [0.05, 0.1) is 0 Å². The fourth-order valence-corrected chi connectivity index (χ4v) is 2.38. The van der Waals surface area contributed by atoms with Crippen LogP contribution < -0.4 is 5.73 Å². The molecule has 0 saturated heterocycles. The van der Waals surface area contributed by atoms with E-state index in [1.165, 1.54) is 5.56 Å². The zero-order valence-electron chi connectivity index (χ0n) is 12.4. The van der Waals surface area contributed by atoms with Gasteiger partial charge in [0.1, 0.15) is 0 Å². The summed E-state index contributed by atoms with van der Waals surface area (Å²) < 4.78 is 0. The van der Waals surface area contributed by atoms with Gasteiger partial charge in [-0.25, -0.2) is 0 Å². The first kappa shape index (κ1) is 14.3. The van der Waals surface area contributed by atoms with E-state index in [-0.39, 0.29) is 5.78 Å². The largest absolute Gasteiger partial charge is 0.398 e. The Morgan fingerprint density at radius 1 is 1.05 bits per heavy atom. The van der Waals surface area contributed by atoms with E-state index in [0.29, 0.717) is 11.3 Å². The van der Waals surface area contributed by atoms with Crippen LogP contribution in [0.15, 0.2) is 36.4 Å². The lowest BCUT2D eigenvalue weighted by molar-refractivity contribution is 0.103. The number of carbonyl (C=O) groups excluding carboxylic acids is 1. The van der Waals surface area contributed by atoms with Gasteiger partial charge >= 0.3 is 0 Å². The molecule has 2 aromatic carbocycles. The quantitative estimate of drug-likeness (QED) is 0.670. The van der Waals surface area contributed by atoms with Crippen molar-refractivity contribution in [2.24, 2.45) is 0 Å². The van der Waals surface area contributed by atoms with Gasteiger partial charge in [0.25, 0.3) is 0 Å². The number of anilines is 1. The summed E-state index contributed by atoms with van der Waals surface area (Å²) in [7, 11) is 0. The maximum absolute atomic E-state index is 12.5. The van der Waals surface area contributed by atoms with E-state index in [1.54, 1.807) is 6.07 Å². The van der Waals surface area contributed by atoms with Crippen LogP contribution in [-0.4, -0.2) is 5.78 Å². The summed E-state index contributed by atoms with van der Waals surface area (Å²) in [6, 6.07) is 11.6. The van der Waals surface area contributed by atoms with Crippen molar-refractivity contribution in [3.63, 3.8) is 0 Å². The van der Waals surface area contributed by atoms with Gasteiger partial charge in [-0.05, 0) is 43.0 Å². The highest BCUT2D eigenvalue weighted by molar-refractivity contribution is 6.10. The van der Waals surface area contributed by atoms with Gasteiger partial charge in [-0.3, -0.25) is 4.79 Å². The number of benzene rings is 2. The Morgan fingerprint density at radius 2 is 1.70 bits per heavy atom. The van der Waals surface area contributed by atoms with Crippen molar-refractivity contribution in [1.82, 2.24) is 0 Å².